The number of carbonyl (C=O) groups is 3. The maximum atomic E-state index is 13.0. The first kappa shape index (κ1) is 23.8. The zero-order chi connectivity index (χ0) is 24.1. The lowest BCUT2D eigenvalue weighted by atomic mass is 9.98. The van der Waals surface area contributed by atoms with Crippen LogP contribution in [-0.4, -0.2) is 67.4 Å². The van der Waals surface area contributed by atoms with E-state index in [4.69, 9.17) is 14.6 Å². The minimum Gasteiger partial charge on any atom is -0.481 e. The average molecular weight is 467 g/mol. The number of hydrogen-bond acceptors (Lipinski definition) is 5. The number of aliphatic carboxylic acids is 1. The number of fused-ring (bicyclic) bond motifs is 3. The summed E-state index contributed by atoms with van der Waals surface area (Å²) >= 11 is 0. The summed E-state index contributed by atoms with van der Waals surface area (Å²) in [7, 11) is 1.66. The number of ether oxygens (including phenoxy) is 2. The number of carboxylic acids is 1. The van der Waals surface area contributed by atoms with Gasteiger partial charge in [0.15, 0.2) is 0 Å². The van der Waals surface area contributed by atoms with Crippen LogP contribution in [0, 0.1) is 5.92 Å². The Balaban J connectivity index is 1.39. The van der Waals surface area contributed by atoms with E-state index in [1.807, 2.05) is 36.4 Å². The summed E-state index contributed by atoms with van der Waals surface area (Å²) in [5.74, 6) is -1.22. The SMILES string of the molecule is CN(CC1CCOC1)C(=O)C(CCC(=O)O)NC(=O)OCC1c2ccccc2-c2ccccc21. The molecule has 2 aliphatic rings. The molecule has 0 aromatic heterocycles. The van der Waals surface area contributed by atoms with Crippen LogP contribution in [0.3, 0.4) is 0 Å². The van der Waals surface area contributed by atoms with Gasteiger partial charge in [0.2, 0.25) is 5.91 Å². The predicted octanol–water partition coefficient (Wildman–Crippen LogP) is 3.25. The second-order valence-electron chi connectivity index (χ2n) is 8.90. The van der Waals surface area contributed by atoms with Gasteiger partial charge in [-0.1, -0.05) is 48.5 Å². The molecule has 2 aromatic carbocycles. The highest BCUT2D eigenvalue weighted by atomic mass is 16.5. The van der Waals surface area contributed by atoms with E-state index >= 15 is 0 Å². The number of benzene rings is 2. The number of nitrogens with zero attached hydrogens (tertiary/aromatic N) is 1. The summed E-state index contributed by atoms with van der Waals surface area (Å²) in [4.78, 5) is 38.3. The van der Waals surface area contributed by atoms with E-state index in [2.05, 4.69) is 17.4 Å². The van der Waals surface area contributed by atoms with Gasteiger partial charge in [-0.2, -0.15) is 0 Å². The third-order valence-electron chi connectivity index (χ3n) is 6.51. The van der Waals surface area contributed by atoms with Crippen molar-refractivity contribution >= 4 is 18.0 Å². The molecule has 180 valence electrons. The van der Waals surface area contributed by atoms with Crippen LogP contribution in [0.5, 0.6) is 0 Å². The molecule has 1 heterocycles. The second kappa shape index (κ2) is 10.7. The number of amides is 2. The van der Waals surface area contributed by atoms with Crippen molar-refractivity contribution in [1.29, 1.82) is 0 Å². The molecule has 2 N–H and O–H groups in total. The molecule has 1 aliphatic heterocycles. The Labute approximate surface area is 198 Å². The molecule has 0 radical (unpaired) electrons. The molecule has 1 saturated heterocycles. The molecule has 8 heteroatoms. The van der Waals surface area contributed by atoms with Crippen LogP contribution >= 0.6 is 0 Å². The van der Waals surface area contributed by atoms with E-state index in [0.717, 1.165) is 28.7 Å². The quantitative estimate of drug-likeness (QED) is 0.588. The van der Waals surface area contributed by atoms with Crippen LogP contribution in [0.25, 0.3) is 11.1 Å². The summed E-state index contributed by atoms with van der Waals surface area (Å²) in [5.41, 5.74) is 4.43. The van der Waals surface area contributed by atoms with Crippen molar-refractivity contribution in [2.24, 2.45) is 5.92 Å². The standard InChI is InChI=1S/C26H30N2O6/c1-28(14-17-12-13-33-15-17)25(31)23(10-11-24(29)30)27-26(32)34-16-22-20-8-4-2-6-18(20)19-7-3-5-9-21(19)22/h2-9,17,22-23H,10-16H2,1H3,(H,27,32)(H,29,30). The van der Waals surface area contributed by atoms with Gasteiger partial charge in [0, 0.05) is 38.5 Å². The number of carboxylic acid groups (broad SMARTS) is 1. The van der Waals surface area contributed by atoms with Crippen molar-refractivity contribution in [2.75, 3.05) is 33.4 Å². The van der Waals surface area contributed by atoms with E-state index in [-0.39, 0.29) is 37.2 Å². The number of carbonyl (C=O) groups excluding carboxylic acids is 2. The van der Waals surface area contributed by atoms with Gasteiger partial charge in [-0.15, -0.1) is 0 Å². The zero-order valence-electron chi connectivity index (χ0n) is 19.2. The summed E-state index contributed by atoms with van der Waals surface area (Å²) in [5, 5.41) is 11.7. The lowest BCUT2D eigenvalue weighted by molar-refractivity contribution is -0.138. The fourth-order valence-corrected chi connectivity index (χ4v) is 4.78. The second-order valence-corrected chi connectivity index (χ2v) is 8.90. The van der Waals surface area contributed by atoms with E-state index in [9.17, 15) is 14.4 Å². The largest absolute Gasteiger partial charge is 0.481 e. The highest BCUT2D eigenvalue weighted by molar-refractivity contribution is 5.86. The molecule has 2 atom stereocenters. The molecule has 0 bridgehead atoms. The molecule has 2 aromatic rings. The fourth-order valence-electron chi connectivity index (χ4n) is 4.78. The lowest BCUT2D eigenvalue weighted by Gasteiger charge is -2.26. The Morgan fingerprint density at radius 1 is 1.12 bits per heavy atom. The topological polar surface area (TPSA) is 105 Å². The molecule has 4 rings (SSSR count). The zero-order valence-corrected chi connectivity index (χ0v) is 19.2. The predicted molar refractivity (Wildman–Crippen MR) is 125 cm³/mol. The van der Waals surface area contributed by atoms with Gasteiger partial charge in [-0.05, 0) is 35.1 Å². The minimum absolute atomic E-state index is 0.0101. The minimum atomic E-state index is -1.03. The van der Waals surface area contributed by atoms with Crippen LogP contribution in [-0.2, 0) is 19.1 Å². The maximum absolute atomic E-state index is 13.0. The van der Waals surface area contributed by atoms with Gasteiger partial charge >= 0.3 is 12.1 Å². The first-order chi connectivity index (χ1) is 16.4. The number of alkyl carbamates (subject to hydrolysis) is 1. The Morgan fingerprint density at radius 3 is 2.35 bits per heavy atom. The third-order valence-corrected chi connectivity index (χ3v) is 6.51. The molecule has 0 spiro atoms. The highest BCUT2D eigenvalue weighted by Crippen LogP contribution is 2.44. The van der Waals surface area contributed by atoms with Crippen molar-refractivity contribution in [1.82, 2.24) is 10.2 Å². The van der Waals surface area contributed by atoms with E-state index in [0.29, 0.717) is 19.8 Å². The average Bonchev–Trinajstić information content (AvgIpc) is 3.46. The monoisotopic (exact) mass is 466 g/mol. The summed E-state index contributed by atoms with van der Waals surface area (Å²) < 4.78 is 10.9. The van der Waals surface area contributed by atoms with Crippen LogP contribution in [0.2, 0.25) is 0 Å². The van der Waals surface area contributed by atoms with Crippen molar-refractivity contribution in [3.05, 3.63) is 59.7 Å². The van der Waals surface area contributed by atoms with Crippen molar-refractivity contribution in [3.63, 3.8) is 0 Å². The van der Waals surface area contributed by atoms with Gasteiger partial charge in [0.05, 0.1) is 6.61 Å². The molecule has 0 saturated carbocycles. The number of likely N-dealkylation sites (N-methyl/N-ethyl adjacent to an activating group) is 1. The normalized spacial score (nSPS) is 17.5. The first-order valence-corrected chi connectivity index (χ1v) is 11.6. The molecule has 1 aliphatic carbocycles. The summed E-state index contributed by atoms with van der Waals surface area (Å²) in [6, 6.07) is 15.1. The Bertz CT molecular complexity index is 1000. The van der Waals surface area contributed by atoms with E-state index in [1.165, 1.54) is 4.90 Å². The molecule has 1 fully saturated rings. The summed E-state index contributed by atoms with van der Waals surface area (Å²) in [6.45, 7) is 1.88. The molecular formula is C26H30N2O6. The van der Waals surface area contributed by atoms with Crippen LogP contribution in [0.15, 0.2) is 48.5 Å². The fraction of sp³-hybridized carbons (Fsp3) is 0.423. The Morgan fingerprint density at radius 2 is 1.76 bits per heavy atom. The van der Waals surface area contributed by atoms with Crippen LogP contribution < -0.4 is 5.32 Å². The molecule has 8 nitrogen and oxygen atoms in total. The molecule has 34 heavy (non-hydrogen) atoms. The highest BCUT2D eigenvalue weighted by Gasteiger charge is 2.31. The van der Waals surface area contributed by atoms with Crippen molar-refractivity contribution in [2.45, 2.75) is 31.2 Å². The lowest BCUT2D eigenvalue weighted by Crippen LogP contribution is -2.49. The molecule has 2 unspecified atom stereocenters. The van der Waals surface area contributed by atoms with Gasteiger partial charge < -0.3 is 24.8 Å². The van der Waals surface area contributed by atoms with E-state index < -0.39 is 18.1 Å². The molecular weight excluding hydrogens is 436 g/mol. The van der Waals surface area contributed by atoms with Gasteiger partial charge in [0.25, 0.3) is 0 Å². The smallest absolute Gasteiger partial charge is 0.407 e. The van der Waals surface area contributed by atoms with Gasteiger partial charge in [-0.25, -0.2) is 4.79 Å². The maximum Gasteiger partial charge on any atom is 0.407 e. The first-order valence-electron chi connectivity index (χ1n) is 11.6. The Kier molecular flexibility index (Phi) is 7.47. The number of rotatable bonds is 9. The van der Waals surface area contributed by atoms with Crippen molar-refractivity contribution in [3.8, 4) is 11.1 Å². The summed E-state index contributed by atoms with van der Waals surface area (Å²) in [6.07, 6.45) is -0.107. The van der Waals surface area contributed by atoms with Gasteiger partial charge in [0.1, 0.15) is 12.6 Å². The third kappa shape index (κ3) is 5.39. The number of hydrogen-bond donors (Lipinski definition) is 2. The van der Waals surface area contributed by atoms with Crippen LogP contribution in [0.1, 0.15) is 36.3 Å². The van der Waals surface area contributed by atoms with Gasteiger partial charge in [-0.3, -0.25) is 9.59 Å². The molecule has 2 amide bonds. The number of nitrogens with one attached hydrogen (secondary N) is 1. The van der Waals surface area contributed by atoms with Crippen LogP contribution in [0.4, 0.5) is 4.79 Å². The Hall–Kier alpha value is -3.39. The van der Waals surface area contributed by atoms with Crippen molar-refractivity contribution < 1.29 is 29.0 Å². The van der Waals surface area contributed by atoms with E-state index in [1.54, 1.807) is 7.05 Å².